The quantitative estimate of drug-likeness (QED) is 0.580. The van der Waals surface area contributed by atoms with E-state index in [1.165, 1.54) is 0 Å². The van der Waals surface area contributed by atoms with Crippen LogP contribution < -0.4 is 9.47 Å². The Morgan fingerprint density at radius 2 is 1.97 bits per heavy atom. The van der Waals surface area contributed by atoms with Crippen LogP contribution in [0.2, 0.25) is 0 Å². The zero-order chi connectivity index (χ0) is 20.9. The summed E-state index contributed by atoms with van der Waals surface area (Å²) in [5, 5.41) is 2.00. The molecule has 7 nitrogen and oxygen atoms in total. The molecule has 4 rings (SSSR count). The van der Waals surface area contributed by atoms with Crippen LogP contribution in [0.25, 0.3) is 0 Å². The van der Waals surface area contributed by atoms with Crippen LogP contribution in [0.1, 0.15) is 23.3 Å². The lowest BCUT2D eigenvalue weighted by Crippen LogP contribution is -2.44. The van der Waals surface area contributed by atoms with Crippen molar-refractivity contribution in [2.75, 3.05) is 33.6 Å². The fourth-order valence-corrected chi connectivity index (χ4v) is 4.12. The molecule has 160 valence electrons. The van der Waals surface area contributed by atoms with Crippen molar-refractivity contribution >= 4 is 23.2 Å². The highest BCUT2D eigenvalue weighted by molar-refractivity contribution is 7.09. The Morgan fingerprint density at radius 3 is 2.70 bits per heavy atom. The third-order valence-corrected chi connectivity index (χ3v) is 6.08. The van der Waals surface area contributed by atoms with Gasteiger partial charge in [-0.2, -0.15) is 0 Å². The largest absolute Gasteiger partial charge is 0.454 e. The van der Waals surface area contributed by atoms with E-state index in [4.69, 9.17) is 14.2 Å². The minimum Gasteiger partial charge on any atom is -0.454 e. The van der Waals surface area contributed by atoms with Crippen LogP contribution in [-0.4, -0.2) is 55.2 Å². The van der Waals surface area contributed by atoms with Crippen molar-refractivity contribution in [1.82, 2.24) is 9.80 Å². The fraction of sp³-hybridized carbons (Fsp3) is 0.455. The molecule has 1 aliphatic carbocycles. The van der Waals surface area contributed by atoms with Gasteiger partial charge in [0, 0.05) is 31.0 Å². The highest BCUT2D eigenvalue weighted by Gasteiger charge is 2.34. The van der Waals surface area contributed by atoms with Crippen molar-refractivity contribution in [3.8, 4) is 11.5 Å². The molecule has 8 heteroatoms. The second-order valence-electron chi connectivity index (χ2n) is 7.54. The zero-order valence-corrected chi connectivity index (χ0v) is 17.9. The van der Waals surface area contributed by atoms with E-state index in [1.807, 2.05) is 35.7 Å². The van der Waals surface area contributed by atoms with Gasteiger partial charge in [0.15, 0.2) is 11.5 Å². The molecule has 2 amide bonds. The molecule has 1 aromatic heterocycles. The van der Waals surface area contributed by atoms with Crippen LogP contribution in [0.3, 0.4) is 0 Å². The topological polar surface area (TPSA) is 68.3 Å². The average Bonchev–Trinajstić information content (AvgIpc) is 3.27. The molecule has 0 saturated heterocycles. The average molecular weight is 431 g/mol. The van der Waals surface area contributed by atoms with Gasteiger partial charge in [-0.1, -0.05) is 12.1 Å². The maximum atomic E-state index is 13.3. The number of thiophene rings is 1. The van der Waals surface area contributed by atoms with E-state index in [2.05, 4.69) is 0 Å². The first-order chi connectivity index (χ1) is 14.6. The predicted octanol–water partition coefficient (Wildman–Crippen LogP) is 2.89. The molecule has 1 saturated carbocycles. The number of carbonyl (C=O) groups is 2. The molecule has 0 radical (unpaired) electrons. The van der Waals surface area contributed by atoms with Crippen molar-refractivity contribution < 1.29 is 23.8 Å². The minimum atomic E-state index is -0.0776. The number of amides is 2. The Hall–Kier alpha value is -2.58. The summed E-state index contributed by atoms with van der Waals surface area (Å²) >= 11 is 1.61. The van der Waals surface area contributed by atoms with Gasteiger partial charge in [0.2, 0.25) is 18.6 Å². The standard InChI is InChI=1S/C22H26N2O5S/c1-27-9-8-23(22(26)17-5-6-17)14-21(25)24(13-18-3-2-10-30-18)12-16-4-7-19-20(11-16)29-15-28-19/h2-4,7,10-11,17H,5-6,8-9,12-15H2,1H3. The number of hydrogen-bond donors (Lipinski definition) is 0. The van der Waals surface area contributed by atoms with Gasteiger partial charge in [-0.15, -0.1) is 11.3 Å². The molecule has 0 unspecified atom stereocenters. The second kappa shape index (κ2) is 9.49. The molecule has 2 heterocycles. The second-order valence-corrected chi connectivity index (χ2v) is 8.58. The molecule has 2 aliphatic rings. The summed E-state index contributed by atoms with van der Waals surface area (Å²) < 4.78 is 16.0. The summed E-state index contributed by atoms with van der Waals surface area (Å²) in [6.45, 7) is 2.06. The van der Waals surface area contributed by atoms with E-state index in [1.54, 1.807) is 28.2 Å². The molecule has 1 aromatic carbocycles. The predicted molar refractivity (Wildman–Crippen MR) is 112 cm³/mol. The molecule has 1 fully saturated rings. The number of fused-ring (bicyclic) bond motifs is 1. The summed E-state index contributed by atoms with van der Waals surface area (Å²) in [5.74, 6) is 1.46. The number of nitrogens with zero attached hydrogens (tertiary/aromatic N) is 2. The Kier molecular flexibility index (Phi) is 6.54. The van der Waals surface area contributed by atoms with Gasteiger partial charge in [-0.05, 0) is 42.0 Å². The summed E-state index contributed by atoms with van der Waals surface area (Å²) in [7, 11) is 1.60. The molecule has 0 N–H and O–H groups in total. The number of hydrogen-bond acceptors (Lipinski definition) is 6. The minimum absolute atomic E-state index is 0.0551. The first-order valence-electron chi connectivity index (χ1n) is 10.1. The SMILES string of the molecule is COCCN(CC(=O)N(Cc1ccc2c(c1)OCO2)Cc1cccs1)C(=O)C1CC1. The fourth-order valence-electron chi connectivity index (χ4n) is 3.40. The molecular formula is C22H26N2O5S. The third kappa shape index (κ3) is 5.12. The van der Waals surface area contributed by atoms with Gasteiger partial charge in [-0.25, -0.2) is 0 Å². The molecule has 1 aliphatic heterocycles. The maximum absolute atomic E-state index is 13.3. The van der Waals surface area contributed by atoms with E-state index < -0.39 is 0 Å². The lowest BCUT2D eigenvalue weighted by Gasteiger charge is -2.27. The molecule has 30 heavy (non-hydrogen) atoms. The summed E-state index contributed by atoms with van der Waals surface area (Å²) in [4.78, 5) is 30.4. The summed E-state index contributed by atoms with van der Waals surface area (Å²) in [6.07, 6.45) is 1.82. The Labute approximate surface area is 180 Å². The van der Waals surface area contributed by atoms with Crippen LogP contribution in [0.5, 0.6) is 11.5 Å². The van der Waals surface area contributed by atoms with Crippen LogP contribution in [0, 0.1) is 5.92 Å². The van der Waals surface area contributed by atoms with E-state index >= 15 is 0 Å². The first-order valence-corrected chi connectivity index (χ1v) is 11.0. The molecule has 0 atom stereocenters. The van der Waals surface area contributed by atoms with Gasteiger partial charge < -0.3 is 24.0 Å². The van der Waals surface area contributed by atoms with E-state index in [0.29, 0.717) is 32.0 Å². The molecule has 0 spiro atoms. The molecule has 2 aromatic rings. The molecular weight excluding hydrogens is 404 g/mol. The lowest BCUT2D eigenvalue weighted by molar-refractivity contribution is -0.142. The smallest absolute Gasteiger partial charge is 0.242 e. The van der Waals surface area contributed by atoms with Crippen LogP contribution in [-0.2, 0) is 27.4 Å². The van der Waals surface area contributed by atoms with E-state index in [9.17, 15) is 9.59 Å². The van der Waals surface area contributed by atoms with E-state index in [-0.39, 0.29) is 31.1 Å². The van der Waals surface area contributed by atoms with Crippen LogP contribution >= 0.6 is 11.3 Å². The number of rotatable bonds is 10. The normalized spacial score (nSPS) is 14.6. The summed E-state index contributed by atoms with van der Waals surface area (Å²) in [6, 6.07) is 9.72. The van der Waals surface area contributed by atoms with E-state index in [0.717, 1.165) is 29.0 Å². The third-order valence-electron chi connectivity index (χ3n) is 5.22. The van der Waals surface area contributed by atoms with Crippen molar-refractivity contribution in [3.05, 3.63) is 46.2 Å². The summed E-state index contributed by atoms with van der Waals surface area (Å²) in [5.41, 5.74) is 0.959. The van der Waals surface area contributed by atoms with Gasteiger partial charge in [0.1, 0.15) is 0 Å². The van der Waals surface area contributed by atoms with Gasteiger partial charge >= 0.3 is 0 Å². The van der Waals surface area contributed by atoms with Gasteiger partial charge in [0.05, 0.1) is 19.7 Å². The van der Waals surface area contributed by atoms with Crippen molar-refractivity contribution in [2.45, 2.75) is 25.9 Å². The van der Waals surface area contributed by atoms with Crippen molar-refractivity contribution in [3.63, 3.8) is 0 Å². The number of ether oxygens (including phenoxy) is 3. The number of methoxy groups -OCH3 is 1. The highest BCUT2D eigenvalue weighted by Crippen LogP contribution is 2.33. The zero-order valence-electron chi connectivity index (χ0n) is 17.0. The number of carbonyl (C=O) groups excluding carboxylic acids is 2. The van der Waals surface area contributed by atoms with Gasteiger partial charge in [-0.3, -0.25) is 9.59 Å². The van der Waals surface area contributed by atoms with Crippen LogP contribution in [0.15, 0.2) is 35.7 Å². The van der Waals surface area contributed by atoms with Gasteiger partial charge in [0.25, 0.3) is 0 Å². The molecule has 0 bridgehead atoms. The Balaban J connectivity index is 1.48. The highest BCUT2D eigenvalue weighted by atomic mass is 32.1. The number of benzene rings is 1. The lowest BCUT2D eigenvalue weighted by atomic mass is 10.2. The Morgan fingerprint density at radius 1 is 1.13 bits per heavy atom. The maximum Gasteiger partial charge on any atom is 0.242 e. The monoisotopic (exact) mass is 430 g/mol. The first kappa shape index (κ1) is 20.7. The van der Waals surface area contributed by atoms with Crippen LogP contribution in [0.4, 0.5) is 0 Å². The van der Waals surface area contributed by atoms with Crippen molar-refractivity contribution in [2.24, 2.45) is 5.92 Å². The Bertz CT molecular complexity index is 882. The van der Waals surface area contributed by atoms with Crippen molar-refractivity contribution in [1.29, 1.82) is 0 Å².